The molecule has 7 heteroatoms. The highest BCUT2D eigenvalue weighted by Gasteiger charge is 2.34. The predicted octanol–water partition coefficient (Wildman–Crippen LogP) is 4.92. The third-order valence-electron chi connectivity index (χ3n) is 3.24. The quantitative estimate of drug-likeness (QED) is 0.757. The van der Waals surface area contributed by atoms with E-state index in [1.165, 1.54) is 0 Å². The first kappa shape index (κ1) is 16.9. The summed E-state index contributed by atoms with van der Waals surface area (Å²) in [5, 5.41) is 0.709. The lowest BCUT2D eigenvalue weighted by atomic mass is 10.1. The van der Waals surface area contributed by atoms with Crippen molar-refractivity contribution in [1.29, 1.82) is 0 Å². The lowest BCUT2D eigenvalue weighted by Crippen LogP contribution is -2.39. The molecule has 2 rings (SSSR count). The van der Waals surface area contributed by atoms with Crippen LogP contribution in [0.15, 0.2) is 27.1 Å². The zero-order valence-corrected chi connectivity index (χ0v) is 13.7. The van der Waals surface area contributed by atoms with E-state index in [4.69, 9.17) is 4.42 Å². The maximum absolute atomic E-state index is 12.6. The van der Waals surface area contributed by atoms with Crippen molar-refractivity contribution in [2.24, 2.45) is 0 Å². The number of carbonyl (C=O) groups excluding carboxylic acids is 1. The number of hydrogen-bond acceptors (Lipinski definition) is 2. The Balaban J connectivity index is 2.40. The molecule has 0 N–H and O–H groups in total. The lowest BCUT2D eigenvalue weighted by Gasteiger charge is -2.22. The molecule has 0 unspecified atom stereocenters. The van der Waals surface area contributed by atoms with Gasteiger partial charge in [-0.25, -0.2) is 0 Å². The molecule has 2 aromatic rings. The molecule has 0 atom stereocenters. The first-order valence-corrected chi connectivity index (χ1v) is 7.57. The van der Waals surface area contributed by atoms with Crippen molar-refractivity contribution < 1.29 is 22.4 Å². The third kappa shape index (κ3) is 3.63. The van der Waals surface area contributed by atoms with Crippen molar-refractivity contribution >= 4 is 32.8 Å². The molecular formula is C15H15BrF3NO2. The first-order chi connectivity index (χ1) is 10.2. The Bertz CT molecular complexity index is 694. The SMILES string of the molecule is CCCN(CC(F)(F)F)C(=O)c1oc2ccc(Br)cc2c1C. The van der Waals surface area contributed by atoms with Crippen molar-refractivity contribution in [3.63, 3.8) is 0 Å². The molecule has 0 aliphatic carbocycles. The number of nitrogens with zero attached hydrogens (tertiary/aromatic N) is 1. The largest absolute Gasteiger partial charge is 0.451 e. The van der Waals surface area contributed by atoms with Gasteiger partial charge < -0.3 is 9.32 Å². The van der Waals surface area contributed by atoms with Crippen molar-refractivity contribution in [3.8, 4) is 0 Å². The van der Waals surface area contributed by atoms with E-state index in [-0.39, 0.29) is 12.3 Å². The van der Waals surface area contributed by atoms with Crippen LogP contribution >= 0.6 is 15.9 Å². The summed E-state index contributed by atoms with van der Waals surface area (Å²) in [6, 6.07) is 5.20. The fraction of sp³-hybridized carbons (Fsp3) is 0.400. The topological polar surface area (TPSA) is 33.5 Å². The van der Waals surface area contributed by atoms with Crippen LogP contribution in [0.4, 0.5) is 13.2 Å². The van der Waals surface area contributed by atoms with Crippen LogP contribution in [-0.2, 0) is 0 Å². The summed E-state index contributed by atoms with van der Waals surface area (Å²) in [6.07, 6.45) is -4.00. The van der Waals surface area contributed by atoms with Gasteiger partial charge in [-0.2, -0.15) is 13.2 Å². The third-order valence-corrected chi connectivity index (χ3v) is 3.74. The Kier molecular flexibility index (Phi) is 4.84. The highest BCUT2D eigenvalue weighted by molar-refractivity contribution is 9.10. The summed E-state index contributed by atoms with van der Waals surface area (Å²) in [5.41, 5.74) is 1.03. The molecule has 0 aliphatic rings. The Morgan fingerprint density at radius 1 is 1.36 bits per heavy atom. The molecule has 1 heterocycles. The number of halogens is 4. The Hall–Kier alpha value is -1.50. The van der Waals surface area contributed by atoms with Crippen molar-refractivity contribution in [1.82, 2.24) is 4.90 Å². The van der Waals surface area contributed by atoms with Gasteiger partial charge in [0.25, 0.3) is 5.91 Å². The predicted molar refractivity (Wildman–Crippen MR) is 80.9 cm³/mol. The van der Waals surface area contributed by atoms with E-state index < -0.39 is 18.6 Å². The lowest BCUT2D eigenvalue weighted by molar-refractivity contribution is -0.140. The number of carbonyl (C=O) groups is 1. The van der Waals surface area contributed by atoms with E-state index >= 15 is 0 Å². The van der Waals surface area contributed by atoms with Gasteiger partial charge in [0.15, 0.2) is 5.76 Å². The second kappa shape index (κ2) is 6.32. The van der Waals surface area contributed by atoms with Gasteiger partial charge in [0.05, 0.1) is 0 Å². The summed E-state index contributed by atoms with van der Waals surface area (Å²) in [5.74, 6) is -0.769. The minimum atomic E-state index is -4.44. The number of alkyl halides is 3. The van der Waals surface area contributed by atoms with E-state index in [0.29, 0.717) is 23.0 Å². The fourth-order valence-electron chi connectivity index (χ4n) is 2.28. The van der Waals surface area contributed by atoms with Crippen molar-refractivity contribution in [2.75, 3.05) is 13.1 Å². The minimum Gasteiger partial charge on any atom is -0.451 e. The van der Waals surface area contributed by atoms with Gasteiger partial charge in [0.1, 0.15) is 12.1 Å². The fourth-order valence-corrected chi connectivity index (χ4v) is 2.64. The standard InChI is InChI=1S/C15H15BrF3NO2/c1-3-6-20(8-15(17,18)19)14(21)13-9(2)11-7-10(16)4-5-12(11)22-13/h4-5,7H,3,6,8H2,1-2H3. The average Bonchev–Trinajstić information content (AvgIpc) is 2.73. The zero-order chi connectivity index (χ0) is 16.5. The zero-order valence-electron chi connectivity index (χ0n) is 12.1. The molecule has 0 fully saturated rings. The van der Waals surface area contributed by atoms with Gasteiger partial charge in [-0.3, -0.25) is 4.79 Å². The summed E-state index contributed by atoms with van der Waals surface area (Å²) in [7, 11) is 0. The Morgan fingerprint density at radius 2 is 2.05 bits per heavy atom. The van der Waals surface area contributed by atoms with Gasteiger partial charge in [0, 0.05) is 22.0 Å². The van der Waals surface area contributed by atoms with Crippen LogP contribution < -0.4 is 0 Å². The highest BCUT2D eigenvalue weighted by Crippen LogP contribution is 2.29. The van der Waals surface area contributed by atoms with E-state index in [0.717, 1.165) is 9.37 Å². The normalized spacial score (nSPS) is 11.9. The van der Waals surface area contributed by atoms with Crippen LogP contribution in [-0.4, -0.2) is 30.1 Å². The van der Waals surface area contributed by atoms with E-state index in [2.05, 4.69) is 15.9 Å². The molecule has 3 nitrogen and oxygen atoms in total. The summed E-state index contributed by atoms with van der Waals surface area (Å²) in [6.45, 7) is 2.14. The summed E-state index contributed by atoms with van der Waals surface area (Å²) in [4.78, 5) is 13.2. The van der Waals surface area contributed by atoms with Gasteiger partial charge in [-0.1, -0.05) is 22.9 Å². The van der Waals surface area contributed by atoms with E-state index in [1.54, 1.807) is 32.0 Å². The monoisotopic (exact) mass is 377 g/mol. The minimum absolute atomic E-state index is 0.0263. The van der Waals surface area contributed by atoms with Crippen LogP contribution in [0, 0.1) is 6.92 Å². The molecule has 22 heavy (non-hydrogen) atoms. The summed E-state index contributed by atoms with van der Waals surface area (Å²) < 4.78 is 44.2. The molecule has 0 saturated heterocycles. The molecule has 0 saturated carbocycles. The highest BCUT2D eigenvalue weighted by atomic mass is 79.9. The average molecular weight is 378 g/mol. The van der Waals surface area contributed by atoms with Gasteiger partial charge >= 0.3 is 6.18 Å². The van der Waals surface area contributed by atoms with Gasteiger partial charge in [0.2, 0.25) is 0 Å². The van der Waals surface area contributed by atoms with Crippen LogP contribution in [0.1, 0.15) is 29.5 Å². The molecule has 120 valence electrons. The molecule has 1 aromatic carbocycles. The van der Waals surface area contributed by atoms with E-state index in [1.807, 2.05) is 0 Å². The first-order valence-electron chi connectivity index (χ1n) is 6.77. The van der Waals surface area contributed by atoms with Gasteiger partial charge in [-0.15, -0.1) is 0 Å². The number of aryl methyl sites for hydroxylation is 1. The second-order valence-corrected chi connectivity index (χ2v) is 5.95. The molecular weight excluding hydrogens is 363 g/mol. The summed E-state index contributed by atoms with van der Waals surface area (Å²) >= 11 is 3.32. The molecule has 0 spiro atoms. The van der Waals surface area contributed by atoms with Crippen molar-refractivity contribution in [2.45, 2.75) is 26.4 Å². The molecule has 0 bridgehead atoms. The number of rotatable bonds is 4. The number of fused-ring (bicyclic) bond motifs is 1. The Labute approximate surface area is 134 Å². The number of furan rings is 1. The maximum atomic E-state index is 12.6. The molecule has 0 aliphatic heterocycles. The van der Waals surface area contributed by atoms with Crippen LogP contribution in [0.5, 0.6) is 0 Å². The second-order valence-electron chi connectivity index (χ2n) is 5.04. The number of hydrogen-bond donors (Lipinski definition) is 0. The smallest absolute Gasteiger partial charge is 0.406 e. The number of benzene rings is 1. The van der Waals surface area contributed by atoms with Crippen LogP contribution in [0.3, 0.4) is 0 Å². The van der Waals surface area contributed by atoms with Crippen LogP contribution in [0.25, 0.3) is 11.0 Å². The van der Waals surface area contributed by atoms with E-state index in [9.17, 15) is 18.0 Å². The molecule has 1 aromatic heterocycles. The van der Waals surface area contributed by atoms with Crippen LogP contribution in [0.2, 0.25) is 0 Å². The Morgan fingerprint density at radius 3 is 2.64 bits per heavy atom. The number of amides is 1. The molecule has 0 radical (unpaired) electrons. The van der Waals surface area contributed by atoms with Crippen molar-refractivity contribution in [3.05, 3.63) is 34.0 Å². The maximum Gasteiger partial charge on any atom is 0.406 e. The van der Waals surface area contributed by atoms with Gasteiger partial charge in [-0.05, 0) is 31.5 Å². The molecule has 1 amide bonds.